The SMILES string of the molecule is OC(Cc1sccc1Br)c1cnc2ccsc2c1. The standard InChI is InChI=1S/C13H10BrNOS2/c14-9-1-3-17-12(9)6-11(16)8-5-13-10(15-7-8)2-4-18-13/h1-5,7,11,16H,6H2. The average molecular weight is 340 g/mol. The molecule has 0 spiro atoms. The van der Waals surface area contributed by atoms with Crippen molar-refractivity contribution in [3.8, 4) is 0 Å². The molecule has 2 nitrogen and oxygen atoms in total. The number of rotatable bonds is 3. The lowest BCUT2D eigenvalue weighted by molar-refractivity contribution is 0.179. The Hall–Kier alpha value is -0.750. The number of thiophene rings is 2. The van der Waals surface area contributed by atoms with Gasteiger partial charge in [0.1, 0.15) is 0 Å². The number of halogens is 1. The van der Waals surface area contributed by atoms with Gasteiger partial charge in [0.2, 0.25) is 0 Å². The van der Waals surface area contributed by atoms with E-state index < -0.39 is 6.10 Å². The molecule has 1 atom stereocenters. The van der Waals surface area contributed by atoms with Crippen molar-refractivity contribution in [1.29, 1.82) is 0 Å². The first kappa shape index (κ1) is 12.3. The van der Waals surface area contributed by atoms with Gasteiger partial charge in [-0.25, -0.2) is 0 Å². The Morgan fingerprint density at radius 3 is 2.89 bits per heavy atom. The van der Waals surface area contributed by atoms with Gasteiger partial charge in [0.25, 0.3) is 0 Å². The van der Waals surface area contributed by atoms with Gasteiger partial charge in [-0.2, -0.15) is 0 Å². The maximum atomic E-state index is 10.3. The molecule has 0 aliphatic rings. The Morgan fingerprint density at radius 2 is 2.11 bits per heavy atom. The van der Waals surface area contributed by atoms with Crippen LogP contribution in [0.25, 0.3) is 10.2 Å². The first-order valence-electron chi connectivity index (χ1n) is 5.47. The quantitative estimate of drug-likeness (QED) is 0.767. The molecule has 92 valence electrons. The molecule has 3 heterocycles. The minimum absolute atomic E-state index is 0.501. The van der Waals surface area contributed by atoms with Crippen LogP contribution in [-0.4, -0.2) is 10.1 Å². The third-order valence-corrected chi connectivity index (χ3v) is 5.58. The third-order valence-electron chi connectivity index (χ3n) is 2.78. The molecule has 3 aromatic heterocycles. The van der Waals surface area contributed by atoms with Gasteiger partial charge in [-0.1, -0.05) is 0 Å². The molecular formula is C13H10BrNOS2. The van der Waals surface area contributed by atoms with Crippen molar-refractivity contribution in [3.63, 3.8) is 0 Å². The highest BCUT2D eigenvalue weighted by Crippen LogP contribution is 2.29. The lowest BCUT2D eigenvalue weighted by Gasteiger charge is -2.09. The summed E-state index contributed by atoms with van der Waals surface area (Å²) in [4.78, 5) is 5.52. The number of hydrogen-bond acceptors (Lipinski definition) is 4. The van der Waals surface area contributed by atoms with Crippen LogP contribution in [-0.2, 0) is 6.42 Å². The first-order chi connectivity index (χ1) is 8.74. The van der Waals surface area contributed by atoms with E-state index >= 15 is 0 Å². The van der Waals surface area contributed by atoms with E-state index in [2.05, 4.69) is 20.9 Å². The smallest absolute Gasteiger partial charge is 0.0854 e. The summed E-state index contributed by atoms with van der Waals surface area (Å²) in [5.74, 6) is 0. The van der Waals surface area contributed by atoms with E-state index in [4.69, 9.17) is 0 Å². The minimum atomic E-state index is -0.501. The summed E-state index contributed by atoms with van der Waals surface area (Å²) in [6.07, 6.45) is 1.89. The van der Waals surface area contributed by atoms with E-state index in [0.29, 0.717) is 6.42 Å². The van der Waals surface area contributed by atoms with Crippen LogP contribution in [0.1, 0.15) is 16.5 Å². The lowest BCUT2D eigenvalue weighted by Crippen LogP contribution is -2.01. The van der Waals surface area contributed by atoms with Crippen molar-refractivity contribution in [2.45, 2.75) is 12.5 Å². The number of aliphatic hydroxyl groups is 1. The lowest BCUT2D eigenvalue weighted by atomic mass is 10.1. The molecule has 0 bridgehead atoms. The summed E-state index contributed by atoms with van der Waals surface area (Å²) < 4.78 is 2.19. The molecular weight excluding hydrogens is 330 g/mol. The Morgan fingerprint density at radius 1 is 1.28 bits per heavy atom. The number of aromatic nitrogens is 1. The van der Waals surface area contributed by atoms with Crippen molar-refractivity contribution in [1.82, 2.24) is 4.98 Å². The molecule has 0 radical (unpaired) electrons. The molecule has 0 saturated carbocycles. The third kappa shape index (κ3) is 2.36. The van der Waals surface area contributed by atoms with Crippen LogP contribution in [0.3, 0.4) is 0 Å². The fourth-order valence-corrected chi connectivity index (χ4v) is 4.15. The van der Waals surface area contributed by atoms with Gasteiger partial charge in [-0.15, -0.1) is 22.7 Å². The zero-order valence-corrected chi connectivity index (χ0v) is 12.6. The maximum Gasteiger partial charge on any atom is 0.0854 e. The molecule has 5 heteroatoms. The zero-order chi connectivity index (χ0) is 12.5. The molecule has 0 amide bonds. The summed E-state index contributed by atoms with van der Waals surface area (Å²) in [5, 5.41) is 14.3. The summed E-state index contributed by atoms with van der Waals surface area (Å²) in [6.45, 7) is 0. The van der Waals surface area contributed by atoms with E-state index in [1.807, 2.05) is 29.0 Å². The Kier molecular flexibility index (Phi) is 3.48. The first-order valence-corrected chi connectivity index (χ1v) is 8.02. The molecule has 0 aliphatic carbocycles. The molecule has 1 N–H and O–H groups in total. The molecule has 18 heavy (non-hydrogen) atoms. The number of fused-ring (bicyclic) bond motifs is 1. The normalized spacial score (nSPS) is 13.0. The summed E-state index contributed by atoms with van der Waals surface area (Å²) in [7, 11) is 0. The average Bonchev–Trinajstić information content (AvgIpc) is 2.98. The van der Waals surface area contributed by atoms with Gasteiger partial charge in [0, 0.05) is 27.5 Å². The number of pyridine rings is 1. The fourth-order valence-electron chi connectivity index (χ4n) is 1.81. The van der Waals surface area contributed by atoms with Crippen LogP contribution in [0.2, 0.25) is 0 Å². The van der Waals surface area contributed by atoms with Crippen LogP contribution in [0, 0.1) is 0 Å². The van der Waals surface area contributed by atoms with Gasteiger partial charge >= 0.3 is 0 Å². The van der Waals surface area contributed by atoms with E-state index in [0.717, 1.165) is 25.1 Å². The maximum absolute atomic E-state index is 10.3. The van der Waals surface area contributed by atoms with Crippen molar-refractivity contribution >= 4 is 48.8 Å². The van der Waals surface area contributed by atoms with Crippen molar-refractivity contribution in [2.24, 2.45) is 0 Å². The fraction of sp³-hybridized carbons (Fsp3) is 0.154. The summed E-state index contributed by atoms with van der Waals surface area (Å²) in [6, 6.07) is 6.03. The predicted molar refractivity (Wildman–Crippen MR) is 80.3 cm³/mol. The number of hydrogen-bond donors (Lipinski definition) is 1. The van der Waals surface area contributed by atoms with Gasteiger partial charge in [-0.05, 0) is 44.9 Å². The highest BCUT2D eigenvalue weighted by Gasteiger charge is 2.13. The van der Waals surface area contributed by atoms with E-state index in [1.54, 1.807) is 28.9 Å². The van der Waals surface area contributed by atoms with Crippen LogP contribution in [0.4, 0.5) is 0 Å². The van der Waals surface area contributed by atoms with Gasteiger partial charge in [0.15, 0.2) is 0 Å². The van der Waals surface area contributed by atoms with Gasteiger partial charge in [0.05, 0.1) is 16.3 Å². The topological polar surface area (TPSA) is 33.1 Å². The van der Waals surface area contributed by atoms with E-state index in [9.17, 15) is 5.11 Å². The highest BCUT2D eigenvalue weighted by molar-refractivity contribution is 9.10. The van der Waals surface area contributed by atoms with Crippen LogP contribution < -0.4 is 0 Å². The van der Waals surface area contributed by atoms with Crippen LogP contribution in [0.5, 0.6) is 0 Å². The summed E-state index contributed by atoms with van der Waals surface area (Å²) in [5.41, 5.74) is 1.87. The van der Waals surface area contributed by atoms with Crippen molar-refractivity contribution in [3.05, 3.63) is 50.1 Å². The molecule has 1 unspecified atom stereocenters. The Bertz CT molecular complexity index is 676. The second-order valence-electron chi connectivity index (χ2n) is 3.98. The molecule has 3 rings (SSSR count). The minimum Gasteiger partial charge on any atom is -0.388 e. The monoisotopic (exact) mass is 339 g/mol. The Labute approximate surface area is 121 Å². The predicted octanol–water partition coefficient (Wildman–Crippen LogP) is 4.40. The number of nitrogens with zero attached hydrogens (tertiary/aromatic N) is 1. The highest BCUT2D eigenvalue weighted by atomic mass is 79.9. The van der Waals surface area contributed by atoms with Gasteiger partial charge in [-0.3, -0.25) is 4.98 Å². The van der Waals surface area contributed by atoms with E-state index in [1.165, 1.54) is 0 Å². The molecule has 3 aromatic rings. The van der Waals surface area contributed by atoms with Crippen LogP contribution >= 0.6 is 38.6 Å². The molecule has 0 fully saturated rings. The largest absolute Gasteiger partial charge is 0.388 e. The van der Waals surface area contributed by atoms with Crippen molar-refractivity contribution in [2.75, 3.05) is 0 Å². The molecule has 0 saturated heterocycles. The van der Waals surface area contributed by atoms with Crippen LogP contribution in [0.15, 0.2) is 39.6 Å². The zero-order valence-electron chi connectivity index (χ0n) is 9.34. The second kappa shape index (κ2) is 5.09. The van der Waals surface area contributed by atoms with Gasteiger partial charge < -0.3 is 5.11 Å². The Balaban J connectivity index is 1.87. The second-order valence-corrected chi connectivity index (χ2v) is 6.79. The molecule has 0 aromatic carbocycles. The van der Waals surface area contributed by atoms with E-state index in [-0.39, 0.29) is 0 Å². The molecule has 0 aliphatic heterocycles. The van der Waals surface area contributed by atoms with Crippen molar-refractivity contribution < 1.29 is 5.11 Å². The number of aliphatic hydroxyl groups excluding tert-OH is 1. The summed E-state index contributed by atoms with van der Waals surface area (Å²) >= 11 is 6.79.